The predicted octanol–water partition coefficient (Wildman–Crippen LogP) is 7.02. The molecule has 1 heterocycles. The Bertz CT molecular complexity index is 1280. The van der Waals surface area contributed by atoms with Crippen molar-refractivity contribution >= 4 is 17.3 Å². The van der Waals surface area contributed by atoms with Crippen LogP contribution in [-0.4, -0.2) is 29.7 Å². The van der Waals surface area contributed by atoms with Crippen LogP contribution in [0.4, 0.5) is 11.4 Å². The number of carbonyl (C=O) groups is 1. The van der Waals surface area contributed by atoms with Crippen LogP contribution >= 0.6 is 0 Å². The molecule has 0 bridgehead atoms. The highest BCUT2D eigenvalue weighted by molar-refractivity contribution is 5.79. The monoisotopic (exact) mass is 530 g/mol. The van der Waals surface area contributed by atoms with Gasteiger partial charge in [0.05, 0.1) is 23.9 Å². The first kappa shape index (κ1) is 28.7. The van der Waals surface area contributed by atoms with Gasteiger partial charge in [-0.3, -0.25) is 4.79 Å². The van der Waals surface area contributed by atoms with E-state index in [1.807, 2.05) is 40.1 Å². The van der Waals surface area contributed by atoms with Crippen molar-refractivity contribution in [2.24, 2.45) is 11.3 Å². The highest BCUT2D eigenvalue weighted by atomic mass is 16.5. The lowest BCUT2D eigenvalue weighted by Crippen LogP contribution is -2.34. The largest absolute Gasteiger partial charge is 0.469 e. The molecule has 210 valence electrons. The molecule has 1 aliphatic rings. The molecule has 1 saturated carbocycles. The molecule has 0 radical (unpaired) electrons. The Hall–Kier alpha value is -3.28. The fourth-order valence-corrected chi connectivity index (χ4v) is 6.37. The first-order chi connectivity index (χ1) is 18.7. The Kier molecular flexibility index (Phi) is 9.04. The topological polar surface area (TPSA) is 82.2 Å². The van der Waals surface area contributed by atoms with Crippen LogP contribution in [0, 0.1) is 25.2 Å². The van der Waals surface area contributed by atoms with E-state index < -0.39 is 5.41 Å². The number of nitrogens with zero attached hydrogens (tertiary/aromatic N) is 2. The van der Waals surface area contributed by atoms with E-state index in [-0.39, 0.29) is 11.9 Å². The number of imidazole rings is 1. The van der Waals surface area contributed by atoms with Crippen LogP contribution in [0.15, 0.2) is 42.7 Å². The first-order valence-corrected chi connectivity index (χ1v) is 14.4. The molecule has 3 aromatic rings. The number of esters is 1. The number of hydrogen-bond acceptors (Lipinski definition) is 5. The molecule has 1 aromatic heterocycles. The van der Waals surface area contributed by atoms with E-state index in [0.29, 0.717) is 5.69 Å². The van der Waals surface area contributed by atoms with E-state index in [2.05, 4.69) is 47.3 Å². The number of carbonyl (C=O) groups excluding carboxylic acids is 1. The SMILES string of the molecule is CNc1ccc(C(c2ccc(C)c(Cn3ccnc3CC3CCCCCC3)c2)C(C)(C)C(=O)OC)c(C)c1N. The zero-order valence-corrected chi connectivity index (χ0v) is 24.6. The molecular formula is C33H46N4O2. The van der Waals surface area contributed by atoms with E-state index >= 15 is 0 Å². The highest BCUT2D eigenvalue weighted by Crippen LogP contribution is 2.45. The van der Waals surface area contributed by atoms with Gasteiger partial charge >= 0.3 is 5.97 Å². The third kappa shape index (κ3) is 6.15. The lowest BCUT2D eigenvalue weighted by molar-refractivity contribution is -0.151. The molecule has 6 nitrogen and oxygen atoms in total. The summed E-state index contributed by atoms with van der Waals surface area (Å²) in [7, 11) is 3.33. The van der Waals surface area contributed by atoms with E-state index in [1.165, 1.54) is 62.6 Å². The van der Waals surface area contributed by atoms with Gasteiger partial charge in [0.25, 0.3) is 0 Å². The molecule has 39 heavy (non-hydrogen) atoms. The average molecular weight is 531 g/mol. The van der Waals surface area contributed by atoms with Gasteiger partial charge in [-0.2, -0.15) is 0 Å². The van der Waals surface area contributed by atoms with Crippen molar-refractivity contribution in [3.05, 3.63) is 76.4 Å². The number of aromatic nitrogens is 2. The van der Waals surface area contributed by atoms with Crippen LogP contribution in [-0.2, 0) is 22.5 Å². The van der Waals surface area contributed by atoms with Gasteiger partial charge in [0.1, 0.15) is 5.82 Å². The molecule has 1 fully saturated rings. The third-order valence-corrected chi connectivity index (χ3v) is 8.87. The molecule has 0 amide bonds. The summed E-state index contributed by atoms with van der Waals surface area (Å²) in [5.74, 6) is 1.42. The number of ether oxygens (including phenoxy) is 1. The Balaban J connectivity index is 1.72. The summed E-state index contributed by atoms with van der Waals surface area (Å²) in [5.41, 5.74) is 12.9. The molecule has 1 aliphatic carbocycles. The minimum absolute atomic E-state index is 0.231. The van der Waals surface area contributed by atoms with Crippen molar-refractivity contribution in [3.8, 4) is 0 Å². The molecule has 0 spiro atoms. The van der Waals surface area contributed by atoms with Gasteiger partial charge in [-0.15, -0.1) is 0 Å². The van der Waals surface area contributed by atoms with Crippen LogP contribution in [0.1, 0.15) is 91.9 Å². The smallest absolute Gasteiger partial charge is 0.312 e. The third-order valence-electron chi connectivity index (χ3n) is 8.87. The van der Waals surface area contributed by atoms with Crippen molar-refractivity contribution in [1.29, 1.82) is 0 Å². The number of nitrogens with two attached hydrogens (primary N) is 1. The van der Waals surface area contributed by atoms with Crippen molar-refractivity contribution in [3.63, 3.8) is 0 Å². The van der Waals surface area contributed by atoms with Crippen molar-refractivity contribution < 1.29 is 9.53 Å². The average Bonchev–Trinajstić information content (AvgIpc) is 3.18. The maximum Gasteiger partial charge on any atom is 0.312 e. The van der Waals surface area contributed by atoms with E-state index in [0.717, 1.165) is 41.3 Å². The molecule has 3 N–H and O–H groups in total. The summed E-state index contributed by atoms with van der Waals surface area (Å²) in [6.45, 7) is 8.88. The second-order valence-corrected chi connectivity index (χ2v) is 11.9. The van der Waals surface area contributed by atoms with Gasteiger partial charge in [0.15, 0.2) is 0 Å². The number of benzene rings is 2. The van der Waals surface area contributed by atoms with Crippen molar-refractivity contribution in [2.45, 2.75) is 85.1 Å². The zero-order valence-electron chi connectivity index (χ0n) is 24.6. The standard InChI is InChI=1S/C33H46N4O2/c1-22-13-14-25(20-26(22)21-37-18-17-36-29(37)19-24-11-9-7-8-10-12-24)30(33(3,4)32(38)39-6)27-15-16-28(35-5)31(34)23(27)2/h13-18,20,24,30,35H,7-12,19,21,34H2,1-6H3. The minimum atomic E-state index is -0.806. The Morgan fingerprint density at radius 1 is 1.15 bits per heavy atom. The maximum atomic E-state index is 13.1. The molecular weight excluding hydrogens is 484 g/mol. The lowest BCUT2D eigenvalue weighted by Gasteiger charge is -2.34. The van der Waals surface area contributed by atoms with Gasteiger partial charge in [-0.25, -0.2) is 4.98 Å². The molecule has 1 atom stereocenters. The number of methoxy groups -OCH3 is 1. The fraction of sp³-hybridized carbons (Fsp3) is 0.515. The van der Waals surface area contributed by atoms with Crippen molar-refractivity contribution in [2.75, 3.05) is 25.2 Å². The van der Waals surface area contributed by atoms with E-state index in [9.17, 15) is 4.79 Å². The number of hydrogen-bond donors (Lipinski definition) is 2. The first-order valence-electron chi connectivity index (χ1n) is 14.4. The Morgan fingerprint density at radius 3 is 2.54 bits per heavy atom. The van der Waals surface area contributed by atoms with Crippen LogP contribution in [0.2, 0.25) is 0 Å². The molecule has 1 unspecified atom stereocenters. The van der Waals surface area contributed by atoms with E-state index in [4.69, 9.17) is 15.5 Å². The summed E-state index contributed by atoms with van der Waals surface area (Å²) in [6.07, 6.45) is 13.1. The minimum Gasteiger partial charge on any atom is -0.469 e. The summed E-state index contributed by atoms with van der Waals surface area (Å²) in [4.78, 5) is 17.9. The van der Waals surface area contributed by atoms with Gasteiger partial charge < -0.3 is 20.4 Å². The molecule has 2 aromatic carbocycles. The second-order valence-electron chi connectivity index (χ2n) is 11.9. The predicted molar refractivity (Wildman–Crippen MR) is 160 cm³/mol. The number of nitrogen functional groups attached to an aromatic ring is 1. The maximum absolute atomic E-state index is 13.1. The lowest BCUT2D eigenvalue weighted by atomic mass is 9.69. The van der Waals surface area contributed by atoms with Gasteiger partial charge in [0.2, 0.25) is 0 Å². The Labute approximate surface area is 234 Å². The number of nitrogens with one attached hydrogen (secondary N) is 1. The summed E-state index contributed by atoms with van der Waals surface area (Å²) in [6, 6.07) is 10.7. The molecule has 4 rings (SSSR count). The quantitative estimate of drug-likeness (QED) is 0.177. The van der Waals surface area contributed by atoms with Crippen molar-refractivity contribution in [1.82, 2.24) is 9.55 Å². The van der Waals surface area contributed by atoms with Gasteiger partial charge in [-0.1, -0.05) is 62.8 Å². The number of anilines is 2. The van der Waals surface area contributed by atoms with Crippen LogP contribution in [0.25, 0.3) is 0 Å². The van der Waals surface area contributed by atoms with E-state index in [1.54, 1.807) is 0 Å². The summed E-state index contributed by atoms with van der Waals surface area (Å²) >= 11 is 0. The summed E-state index contributed by atoms with van der Waals surface area (Å²) < 4.78 is 7.60. The second kappa shape index (κ2) is 12.3. The molecule has 6 heteroatoms. The molecule has 0 aliphatic heterocycles. The van der Waals surface area contributed by atoms with Gasteiger partial charge in [-0.05, 0) is 67.5 Å². The zero-order chi connectivity index (χ0) is 28.2. The number of aryl methyl sites for hydroxylation is 1. The van der Waals surface area contributed by atoms with Crippen LogP contribution in [0.3, 0.4) is 0 Å². The molecule has 0 saturated heterocycles. The van der Waals surface area contributed by atoms with Crippen LogP contribution in [0.5, 0.6) is 0 Å². The number of rotatable bonds is 9. The van der Waals surface area contributed by atoms with Crippen LogP contribution < -0.4 is 11.1 Å². The van der Waals surface area contributed by atoms with Gasteiger partial charge in [0, 0.05) is 38.3 Å². The summed E-state index contributed by atoms with van der Waals surface area (Å²) in [5, 5.41) is 3.17. The highest BCUT2D eigenvalue weighted by Gasteiger charge is 2.41. The Morgan fingerprint density at radius 2 is 1.87 bits per heavy atom. The fourth-order valence-electron chi connectivity index (χ4n) is 6.37. The normalized spacial score (nSPS) is 15.5.